The predicted molar refractivity (Wildman–Crippen MR) is 120 cm³/mol. The Labute approximate surface area is 191 Å². The maximum absolute atomic E-state index is 13.3. The lowest BCUT2D eigenvalue weighted by molar-refractivity contribution is -0.203. The maximum atomic E-state index is 13.3. The van der Waals surface area contributed by atoms with Crippen molar-refractivity contribution < 1.29 is 29.3 Å². The van der Waals surface area contributed by atoms with E-state index in [1.165, 1.54) is 5.57 Å². The second-order valence-corrected chi connectivity index (χ2v) is 11.0. The third-order valence-electron chi connectivity index (χ3n) is 9.68. The number of fused-ring (bicyclic) bond motifs is 5. The van der Waals surface area contributed by atoms with Crippen molar-refractivity contribution in [1.29, 1.82) is 0 Å². The molecular weight excluding hydrogens is 408 g/mol. The number of hydrogen-bond donors (Lipinski definition) is 2. The SMILES string of the molecule is C/C=C1/CC[C@@H]2C([C@@H](O)C[C@@]3(C)C2C[C@H]2OC(CCC)O[C@]23C(=O)CO)[C@@]1(C)CCC=O. The fourth-order valence-electron chi connectivity index (χ4n) is 8.43. The molecule has 3 aliphatic carbocycles. The number of aldehydes is 1. The highest BCUT2D eigenvalue weighted by Gasteiger charge is 2.75. The lowest BCUT2D eigenvalue weighted by Crippen LogP contribution is -2.63. The van der Waals surface area contributed by atoms with Gasteiger partial charge < -0.3 is 24.5 Å². The number of carbonyl (C=O) groups is 2. The van der Waals surface area contributed by atoms with Crippen LogP contribution in [0.1, 0.15) is 79.1 Å². The summed E-state index contributed by atoms with van der Waals surface area (Å²) >= 11 is 0. The Kier molecular flexibility index (Phi) is 6.47. The van der Waals surface area contributed by atoms with Crippen LogP contribution in [0.25, 0.3) is 0 Å². The summed E-state index contributed by atoms with van der Waals surface area (Å²) in [5, 5.41) is 21.6. The number of rotatable bonds is 7. The normalized spacial score (nSPS) is 48.9. The number of aliphatic hydroxyl groups excluding tert-OH is 2. The fraction of sp³-hybridized carbons (Fsp3) is 0.846. The first-order chi connectivity index (χ1) is 15.2. The lowest BCUT2D eigenvalue weighted by Gasteiger charge is -2.60. The van der Waals surface area contributed by atoms with Gasteiger partial charge in [0.15, 0.2) is 17.7 Å². The summed E-state index contributed by atoms with van der Waals surface area (Å²) in [4.78, 5) is 24.5. The molecule has 1 heterocycles. The van der Waals surface area contributed by atoms with Crippen molar-refractivity contribution in [2.24, 2.45) is 28.6 Å². The molecule has 3 unspecified atom stereocenters. The van der Waals surface area contributed by atoms with Crippen LogP contribution < -0.4 is 0 Å². The van der Waals surface area contributed by atoms with Gasteiger partial charge >= 0.3 is 0 Å². The Morgan fingerprint density at radius 2 is 2.06 bits per heavy atom. The number of Topliss-reactive ketones (excluding diaryl/α,β-unsaturated/α-hetero) is 1. The van der Waals surface area contributed by atoms with Gasteiger partial charge in [-0.25, -0.2) is 0 Å². The Balaban J connectivity index is 1.75. The number of ether oxygens (including phenoxy) is 2. The van der Waals surface area contributed by atoms with Crippen LogP contribution >= 0.6 is 0 Å². The van der Waals surface area contributed by atoms with Crippen LogP contribution in [0, 0.1) is 28.6 Å². The number of hydrogen-bond acceptors (Lipinski definition) is 6. The first-order valence-corrected chi connectivity index (χ1v) is 12.5. The molecule has 1 saturated heterocycles. The Morgan fingerprint density at radius 1 is 1.31 bits per heavy atom. The number of carbonyl (C=O) groups excluding carboxylic acids is 2. The molecule has 6 heteroatoms. The third kappa shape index (κ3) is 3.13. The number of allylic oxidation sites excluding steroid dienone is 2. The first kappa shape index (κ1) is 24.1. The zero-order valence-electron chi connectivity index (χ0n) is 20.0. The van der Waals surface area contributed by atoms with Gasteiger partial charge in [-0.3, -0.25) is 4.79 Å². The van der Waals surface area contributed by atoms with E-state index >= 15 is 0 Å². The highest BCUT2D eigenvalue weighted by atomic mass is 16.7. The second-order valence-electron chi connectivity index (χ2n) is 11.0. The molecule has 9 atom stereocenters. The Hall–Kier alpha value is -1.08. The van der Waals surface area contributed by atoms with Gasteiger partial charge in [0.25, 0.3) is 0 Å². The average Bonchev–Trinajstić information content (AvgIpc) is 3.24. The van der Waals surface area contributed by atoms with Crippen LogP contribution in [-0.2, 0) is 19.1 Å². The van der Waals surface area contributed by atoms with Gasteiger partial charge in [-0.05, 0) is 68.6 Å². The van der Waals surface area contributed by atoms with Gasteiger partial charge in [0.1, 0.15) is 12.9 Å². The maximum Gasteiger partial charge on any atom is 0.193 e. The molecule has 0 aromatic carbocycles. The molecule has 1 aliphatic heterocycles. The molecule has 0 spiro atoms. The minimum atomic E-state index is -1.20. The van der Waals surface area contributed by atoms with E-state index in [0.717, 1.165) is 32.0 Å². The van der Waals surface area contributed by atoms with E-state index in [0.29, 0.717) is 25.7 Å². The molecule has 2 N–H and O–H groups in total. The Morgan fingerprint density at radius 3 is 2.69 bits per heavy atom. The smallest absolute Gasteiger partial charge is 0.193 e. The number of ketones is 1. The molecule has 3 saturated carbocycles. The van der Waals surface area contributed by atoms with Gasteiger partial charge in [0.05, 0.1) is 12.2 Å². The van der Waals surface area contributed by atoms with Crippen molar-refractivity contribution in [1.82, 2.24) is 0 Å². The molecule has 32 heavy (non-hydrogen) atoms. The van der Waals surface area contributed by atoms with Crippen molar-refractivity contribution in [3.8, 4) is 0 Å². The molecule has 0 aromatic heterocycles. The van der Waals surface area contributed by atoms with E-state index in [2.05, 4.69) is 33.8 Å². The molecule has 180 valence electrons. The first-order valence-electron chi connectivity index (χ1n) is 12.5. The summed E-state index contributed by atoms with van der Waals surface area (Å²) in [6.07, 6.45) is 7.57. The summed E-state index contributed by atoms with van der Waals surface area (Å²) in [6.45, 7) is 7.82. The van der Waals surface area contributed by atoms with Crippen LogP contribution in [0.3, 0.4) is 0 Å². The van der Waals surface area contributed by atoms with Gasteiger partial charge in [0.2, 0.25) is 0 Å². The minimum Gasteiger partial charge on any atom is -0.393 e. The molecule has 4 aliphatic rings. The molecule has 0 bridgehead atoms. The van der Waals surface area contributed by atoms with Crippen molar-refractivity contribution in [3.05, 3.63) is 11.6 Å². The molecule has 4 rings (SSSR count). The monoisotopic (exact) mass is 448 g/mol. The number of aliphatic hydroxyl groups is 2. The van der Waals surface area contributed by atoms with Crippen LogP contribution in [0.2, 0.25) is 0 Å². The standard InChI is InChI=1S/C26H40O6/c1-5-8-22-31-21-13-18-17-10-9-16(6-2)24(3,11-7-12-27)23(17)19(29)14-25(18,4)26(21,32-22)20(30)15-28/h6,12,17-19,21-23,28-29H,5,7-11,13-15H2,1-4H3/b16-6-/t17-,18?,19-,21+,22?,23?,24-,25-,26+/m0/s1. The zero-order valence-corrected chi connectivity index (χ0v) is 20.0. The van der Waals surface area contributed by atoms with E-state index < -0.39 is 30.0 Å². The highest BCUT2D eigenvalue weighted by molar-refractivity contribution is 5.91. The topological polar surface area (TPSA) is 93.1 Å². The van der Waals surface area contributed by atoms with E-state index in [1.54, 1.807) is 0 Å². The van der Waals surface area contributed by atoms with Gasteiger partial charge in [-0.2, -0.15) is 0 Å². The minimum absolute atomic E-state index is 0.0343. The second kappa shape index (κ2) is 8.61. The Bertz CT molecular complexity index is 778. The van der Waals surface area contributed by atoms with E-state index in [-0.39, 0.29) is 35.1 Å². The quantitative estimate of drug-likeness (QED) is 0.457. The average molecular weight is 449 g/mol. The van der Waals surface area contributed by atoms with Crippen molar-refractivity contribution in [2.75, 3.05) is 6.61 Å². The molecule has 6 nitrogen and oxygen atoms in total. The molecule has 0 radical (unpaired) electrons. The predicted octanol–water partition coefficient (Wildman–Crippen LogP) is 3.58. The molecule has 0 aromatic rings. The summed E-state index contributed by atoms with van der Waals surface area (Å²) in [6, 6.07) is 0. The van der Waals surface area contributed by atoms with Crippen LogP contribution in [0.5, 0.6) is 0 Å². The van der Waals surface area contributed by atoms with Gasteiger partial charge in [0, 0.05) is 11.8 Å². The molecule has 4 fully saturated rings. The summed E-state index contributed by atoms with van der Waals surface area (Å²) < 4.78 is 12.7. The van der Waals surface area contributed by atoms with Crippen molar-refractivity contribution in [2.45, 2.75) is 103 Å². The summed E-state index contributed by atoms with van der Waals surface area (Å²) in [7, 11) is 0. The van der Waals surface area contributed by atoms with Crippen molar-refractivity contribution in [3.63, 3.8) is 0 Å². The highest BCUT2D eigenvalue weighted by Crippen LogP contribution is 2.69. The zero-order chi connectivity index (χ0) is 23.3. The van der Waals surface area contributed by atoms with Crippen LogP contribution in [0.15, 0.2) is 11.6 Å². The van der Waals surface area contributed by atoms with Gasteiger partial charge in [-0.1, -0.05) is 38.8 Å². The van der Waals surface area contributed by atoms with E-state index in [1.807, 2.05) is 0 Å². The molecular formula is C26H40O6. The van der Waals surface area contributed by atoms with Gasteiger partial charge in [-0.15, -0.1) is 0 Å². The summed E-state index contributed by atoms with van der Waals surface area (Å²) in [5.41, 5.74) is -0.701. The van der Waals surface area contributed by atoms with E-state index in [4.69, 9.17) is 9.47 Å². The largest absolute Gasteiger partial charge is 0.393 e. The van der Waals surface area contributed by atoms with Crippen LogP contribution in [-0.4, -0.2) is 53.0 Å². The van der Waals surface area contributed by atoms with Crippen LogP contribution in [0.4, 0.5) is 0 Å². The van der Waals surface area contributed by atoms with Crippen molar-refractivity contribution >= 4 is 12.1 Å². The van der Waals surface area contributed by atoms with E-state index in [9.17, 15) is 19.8 Å². The summed E-state index contributed by atoms with van der Waals surface area (Å²) in [5.74, 6) is 0.0975. The fourth-order valence-corrected chi connectivity index (χ4v) is 8.43. The third-order valence-corrected chi connectivity index (χ3v) is 9.68. The molecule has 0 amide bonds. The lowest BCUT2D eigenvalue weighted by atomic mass is 9.46.